The van der Waals surface area contributed by atoms with Crippen LogP contribution in [0.1, 0.15) is 11.1 Å². The second-order valence-corrected chi connectivity index (χ2v) is 8.23. The van der Waals surface area contributed by atoms with Gasteiger partial charge in [-0.05, 0) is 23.8 Å². The van der Waals surface area contributed by atoms with Gasteiger partial charge in [0.2, 0.25) is 5.91 Å². The summed E-state index contributed by atoms with van der Waals surface area (Å²) in [6, 6.07) is 7.98. The Balaban J connectivity index is 2.33. The van der Waals surface area contributed by atoms with Crippen molar-refractivity contribution in [3.05, 3.63) is 46.9 Å². The van der Waals surface area contributed by atoms with E-state index in [1.54, 1.807) is 24.3 Å². The van der Waals surface area contributed by atoms with Crippen LogP contribution in [-0.4, -0.2) is 49.3 Å². The van der Waals surface area contributed by atoms with Crippen LogP contribution in [0.25, 0.3) is 6.08 Å². The Morgan fingerprint density at radius 2 is 1.58 bits per heavy atom. The Kier molecular flexibility index (Phi) is 8.29. The summed E-state index contributed by atoms with van der Waals surface area (Å²) in [6.45, 7) is -0.208. The molecule has 9 nitrogen and oxygen atoms in total. The molecule has 10 heteroatoms. The number of rotatable bonds is 10. The van der Waals surface area contributed by atoms with Gasteiger partial charge < -0.3 is 30.0 Å². The molecule has 0 saturated carbocycles. The molecule has 168 valence electrons. The van der Waals surface area contributed by atoms with E-state index in [9.17, 15) is 13.2 Å². The van der Waals surface area contributed by atoms with Crippen LogP contribution in [0, 0.1) is 0 Å². The minimum Gasteiger partial charge on any atom is -0.496 e. The lowest BCUT2D eigenvalue weighted by Gasteiger charge is -2.13. The summed E-state index contributed by atoms with van der Waals surface area (Å²) in [5, 5.41) is 3.67. The van der Waals surface area contributed by atoms with Gasteiger partial charge in [0, 0.05) is 17.5 Å². The first kappa shape index (κ1) is 24.0. The Labute approximate surface area is 181 Å². The number of anilines is 1. The average Bonchev–Trinajstić information content (AvgIpc) is 2.76. The van der Waals surface area contributed by atoms with Crippen molar-refractivity contribution in [2.45, 2.75) is 5.75 Å². The van der Waals surface area contributed by atoms with Gasteiger partial charge in [-0.3, -0.25) is 4.79 Å². The summed E-state index contributed by atoms with van der Waals surface area (Å²) in [5.74, 6) is 1.000. The summed E-state index contributed by atoms with van der Waals surface area (Å²) >= 11 is 0. The van der Waals surface area contributed by atoms with Gasteiger partial charge in [-0.1, -0.05) is 6.07 Å². The molecular formula is C21H26N2O7S. The zero-order valence-electron chi connectivity index (χ0n) is 17.8. The zero-order valence-corrected chi connectivity index (χ0v) is 18.6. The van der Waals surface area contributed by atoms with Gasteiger partial charge in [0.25, 0.3) is 0 Å². The molecule has 0 heterocycles. The number of amides is 1. The van der Waals surface area contributed by atoms with Crippen molar-refractivity contribution in [1.29, 1.82) is 0 Å². The lowest BCUT2D eigenvalue weighted by Crippen LogP contribution is -2.22. The molecule has 0 aromatic heterocycles. The van der Waals surface area contributed by atoms with Crippen molar-refractivity contribution in [3.63, 3.8) is 0 Å². The fourth-order valence-electron chi connectivity index (χ4n) is 2.79. The number of sulfone groups is 1. The zero-order chi connectivity index (χ0) is 23.0. The second-order valence-electron chi connectivity index (χ2n) is 6.34. The number of nitrogens with one attached hydrogen (secondary N) is 1. The fraction of sp³-hybridized carbons (Fsp3) is 0.286. The van der Waals surface area contributed by atoms with Crippen LogP contribution in [0.2, 0.25) is 0 Å². The largest absolute Gasteiger partial charge is 0.496 e. The molecule has 0 aliphatic carbocycles. The highest BCUT2D eigenvalue weighted by molar-refractivity contribution is 7.93. The second kappa shape index (κ2) is 10.7. The summed E-state index contributed by atoms with van der Waals surface area (Å²) in [7, 11) is 2.22. The van der Waals surface area contributed by atoms with Crippen LogP contribution in [0.15, 0.2) is 35.7 Å². The van der Waals surface area contributed by atoms with Gasteiger partial charge in [-0.15, -0.1) is 0 Å². The third-order valence-corrected chi connectivity index (χ3v) is 5.57. The molecule has 2 rings (SSSR count). The van der Waals surface area contributed by atoms with Gasteiger partial charge in [0.05, 0.1) is 52.0 Å². The first-order valence-electron chi connectivity index (χ1n) is 9.14. The van der Waals surface area contributed by atoms with Gasteiger partial charge in [0.1, 0.15) is 23.0 Å². The van der Waals surface area contributed by atoms with E-state index in [1.165, 1.54) is 40.6 Å². The fourth-order valence-corrected chi connectivity index (χ4v) is 3.88. The summed E-state index contributed by atoms with van der Waals surface area (Å²) in [5.41, 5.74) is 6.59. The number of nitrogens with two attached hydrogens (primary N) is 1. The first-order chi connectivity index (χ1) is 14.8. The number of ether oxygens (including phenoxy) is 4. The Morgan fingerprint density at radius 3 is 2.10 bits per heavy atom. The van der Waals surface area contributed by atoms with Crippen LogP contribution < -0.4 is 30.0 Å². The van der Waals surface area contributed by atoms with Crippen LogP contribution >= 0.6 is 0 Å². The van der Waals surface area contributed by atoms with E-state index in [-0.39, 0.29) is 12.3 Å². The molecule has 2 aromatic carbocycles. The summed E-state index contributed by atoms with van der Waals surface area (Å²) in [4.78, 5) is 11.6. The van der Waals surface area contributed by atoms with Crippen molar-refractivity contribution in [1.82, 2.24) is 0 Å². The normalized spacial score (nSPS) is 11.3. The van der Waals surface area contributed by atoms with Gasteiger partial charge in [-0.2, -0.15) is 0 Å². The van der Waals surface area contributed by atoms with Crippen LogP contribution in [-0.2, 0) is 20.4 Å². The number of methoxy groups -OCH3 is 4. The smallest absolute Gasteiger partial charge is 0.238 e. The molecule has 0 radical (unpaired) electrons. The van der Waals surface area contributed by atoms with E-state index in [2.05, 4.69) is 5.32 Å². The maximum Gasteiger partial charge on any atom is 0.238 e. The molecule has 0 spiro atoms. The van der Waals surface area contributed by atoms with Crippen LogP contribution in [0.4, 0.5) is 5.69 Å². The number of benzene rings is 2. The average molecular weight is 451 g/mol. The third kappa shape index (κ3) is 6.37. The highest BCUT2D eigenvalue weighted by Crippen LogP contribution is 2.35. The van der Waals surface area contributed by atoms with Crippen molar-refractivity contribution in [2.24, 2.45) is 5.73 Å². The molecule has 0 atom stereocenters. The van der Waals surface area contributed by atoms with E-state index in [0.29, 0.717) is 39.8 Å². The van der Waals surface area contributed by atoms with Gasteiger partial charge in [-0.25, -0.2) is 8.42 Å². The number of carbonyl (C=O) groups excluding carboxylic acids is 1. The molecule has 2 aromatic rings. The minimum atomic E-state index is -3.67. The topological polar surface area (TPSA) is 126 Å². The van der Waals surface area contributed by atoms with Crippen molar-refractivity contribution >= 4 is 27.5 Å². The molecule has 3 N–H and O–H groups in total. The van der Waals surface area contributed by atoms with Crippen LogP contribution in [0.3, 0.4) is 0 Å². The lowest BCUT2D eigenvalue weighted by molar-refractivity contribution is -0.114. The number of carbonyl (C=O) groups is 1. The SMILES string of the molecule is COc1cc(OC)c(/C=C\S(=O)(=O)Cc2ccc(OC)c(NC(=O)CN)c2)c(OC)c1. The van der Waals surface area contributed by atoms with E-state index in [0.717, 1.165) is 5.41 Å². The predicted molar refractivity (Wildman–Crippen MR) is 118 cm³/mol. The molecule has 0 bridgehead atoms. The molecule has 0 fully saturated rings. The molecule has 31 heavy (non-hydrogen) atoms. The van der Waals surface area contributed by atoms with E-state index in [4.69, 9.17) is 24.7 Å². The highest BCUT2D eigenvalue weighted by atomic mass is 32.2. The minimum absolute atomic E-state index is 0.208. The monoisotopic (exact) mass is 450 g/mol. The maximum absolute atomic E-state index is 12.7. The predicted octanol–water partition coefficient (Wildman–Crippen LogP) is 2.20. The maximum atomic E-state index is 12.7. The summed E-state index contributed by atoms with van der Waals surface area (Å²) in [6.07, 6.45) is 1.41. The third-order valence-electron chi connectivity index (χ3n) is 4.29. The Hall–Kier alpha value is -3.24. The lowest BCUT2D eigenvalue weighted by atomic mass is 10.1. The summed E-state index contributed by atoms with van der Waals surface area (Å²) < 4.78 is 46.5. The van der Waals surface area contributed by atoms with Gasteiger partial charge >= 0.3 is 0 Å². The van der Waals surface area contributed by atoms with Crippen molar-refractivity contribution in [3.8, 4) is 23.0 Å². The van der Waals surface area contributed by atoms with Crippen molar-refractivity contribution in [2.75, 3.05) is 40.3 Å². The molecule has 0 aliphatic heterocycles. The molecule has 1 amide bonds. The standard InChI is InChI=1S/C21H26N2O7S/c1-27-15-10-19(29-3)16(20(11-15)30-4)7-8-31(25,26)13-14-5-6-18(28-2)17(9-14)23-21(24)12-22/h5-11H,12-13,22H2,1-4H3,(H,23,24)/b8-7-. The van der Waals surface area contributed by atoms with Gasteiger partial charge in [0.15, 0.2) is 9.84 Å². The Bertz CT molecular complexity index is 1040. The van der Waals surface area contributed by atoms with E-state index >= 15 is 0 Å². The Morgan fingerprint density at radius 1 is 0.968 bits per heavy atom. The molecular weight excluding hydrogens is 424 g/mol. The molecule has 0 aliphatic rings. The number of hydrogen-bond acceptors (Lipinski definition) is 8. The quantitative estimate of drug-likeness (QED) is 0.564. The molecule has 0 saturated heterocycles. The molecule has 0 unspecified atom stereocenters. The highest BCUT2D eigenvalue weighted by Gasteiger charge is 2.15. The van der Waals surface area contributed by atoms with E-state index in [1.807, 2.05) is 0 Å². The van der Waals surface area contributed by atoms with Crippen molar-refractivity contribution < 1.29 is 32.2 Å². The number of hydrogen-bond donors (Lipinski definition) is 2. The van der Waals surface area contributed by atoms with E-state index < -0.39 is 15.7 Å². The first-order valence-corrected chi connectivity index (χ1v) is 10.9. The van der Waals surface area contributed by atoms with Crippen LogP contribution in [0.5, 0.6) is 23.0 Å².